The molecule has 0 N–H and O–H groups in total. The van der Waals surface area contributed by atoms with Gasteiger partial charge in [0.15, 0.2) is 0 Å². The molecule has 0 saturated carbocycles. The van der Waals surface area contributed by atoms with Crippen molar-refractivity contribution in [3.63, 3.8) is 0 Å². The Morgan fingerprint density at radius 2 is 0.982 bits per heavy atom. The summed E-state index contributed by atoms with van der Waals surface area (Å²) < 4.78 is 130. The number of thiophene rings is 1. The Hall–Kier alpha value is -6.94. The van der Waals surface area contributed by atoms with Crippen LogP contribution in [0.25, 0.3) is 86.3 Å². The Kier molecular flexibility index (Phi) is 4.80. The molecule has 2 aromatic heterocycles. The van der Waals surface area contributed by atoms with Gasteiger partial charge in [0.1, 0.15) is 11.2 Å². The fraction of sp³-hybridized carbons (Fsp3) is 0. The summed E-state index contributed by atoms with van der Waals surface area (Å²) in [6.45, 7) is 0. The number of furan rings is 1. The van der Waals surface area contributed by atoms with Gasteiger partial charge in [-0.15, -0.1) is 11.3 Å². The molecule has 0 atom stereocenters. The molecule has 2 nitrogen and oxygen atoms in total. The smallest absolute Gasteiger partial charge is 0.136 e. The highest BCUT2D eigenvalue weighted by Gasteiger charge is 2.21. The predicted octanol–water partition coefficient (Wildman–Crippen LogP) is 15.6. The van der Waals surface area contributed by atoms with Crippen molar-refractivity contribution in [3.8, 4) is 33.4 Å². The van der Waals surface area contributed by atoms with Crippen LogP contribution in [0.4, 0.5) is 17.1 Å². The van der Waals surface area contributed by atoms with Crippen molar-refractivity contribution < 1.29 is 23.6 Å². The van der Waals surface area contributed by atoms with Crippen LogP contribution in [0.3, 0.4) is 0 Å². The second kappa shape index (κ2) is 12.9. The van der Waals surface area contributed by atoms with E-state index >= 15 is 0 Å². The first kappa shape index (κ1) is 20.5. The highest BCUT2D eigenvalue weighted by Crippen LogP contribution is 2.47. The number of rotatable bonds is 6. The maximum absolute atomic E-state index is 9.31. The van der Waals surface area contributed by atoms with Gasteiger partial charge in [-0.05, 0) is 87.8 Å². The Morgan fingerprint density at radius 1 is 0.418 bits per heavy atom. The van der Waals surface area contributed by atoms with Crippen molar-refractivity contribution in [1.82, 2.24) is 0 Å². The quantitative estimate of drug-likeness (QED) is 0.169. The molecule has 0 saturated heterocycles. The molecule has 11 aromatic rings. The average Bonchev–Trinajstić information content (AvgIpc) is 3.92. The van der Waals surface area contributed by atoms with E-state index in [0.717, 1.165) is 37.4 Å². The Morgan fingerprint density at radius 3 is 1.69 bits per heavy atom. The number of hydrogen-bond donors (Lipinski definition) is 0. The van der Waals surface area contributed by atoms with Crippen molar-refractivity contribution in [2.24, 2.45) is 0 Å². The molecule has 0 spiro atoms. The standard InChI is InChI=1S/C52H33NOS/c1-3-12-34(13-4-1)36-24-28-38(29-25-36)53(39-30-26-37(27-31-39)35-14-5-2-6-15-35)46-21-10-17-42-40(46)32-33-48-50(42)51-43(18-11-22-47(51)54-48)45-20-9-19-44-41-16-7-8-23-49(41)55-52(44)45/h1-33H/i1D,2D,3D,4D,5D,6D,12D,13D,14D,15D,24D,25D,26D,27D. The van der Waals surface area contributed by atoms with E-state index in [1.54, 1.807) is 16.2 Å². The highest BCUT2D eigenvalue weighted by atomic mass is 32.1. The number of fused-ring (bicyclic) bond motifs is 8. The molecule has 0 unspecified atom stereocenters. The molecule has 9 aromatic carbocycles. The first-order chi connectivity index (χ1) is 33.1. The molecule has 0 amide bonds. The molecule has 0 radical (unpaired) electrons. The molecule has 2 heterocycles. The number of benzene rings is 9. The third kappa shape index (κ3) is 5.24. The fourth-order valence-corrected chi connectivity index (χ4v) is 8.74. The van der Waals surface area contributed by atoms with E-state index in [0.29, 0.717) is 22.2 Å². The maximum Gasteiger partial charge on any atom is 0.136 e. The van der Waals surface area contributed by atoms with E-state index < -0.39 is 60.4 Å². The van der Waals surface area contributed by atoms with Gasteiger partial charge in [0.25, 0.3) is 0 Å². The number of nitrogens with zero attached hydrogens (tertiary/aromatic N) is 1. The summed E-state index contributed by atoms with van der Waals surface area (Å²) in [4.78, 5) is 1.65. The van der Waals surface area contributed by atoms with Gasteiger partial charge in [0, 0.05) is 53.3 Å². The third-order valence-corrected chi connectivity index (χ3v) is 11.1. The van der Waals surface area contributed by atoms with Gasteiger partial charge in [-0.2, -0.15) is 0 Å². The zero-order valence-electron chi connectivity index (χ0n) is 42.7. The predicted molar refractivity (Wildman–Crippen MR) is 235 cm³/mol. The van der Waals surface area contributed by atoms with Crippen LogP contribution in [0.1, 0.15) is 19.2 Å². The minimum absolute atomic E-state index is 0.192. The Bertz CT molecular complexity index is 3820. The van der Waals surface area contributed by atoms with Crippen molar-refractivity contribution in [3.05, 3.63) is 200 Å². The third-order valence-electron chi connectivity index (χ3n) is 9.91. The molecule has 0 aliphatic rings. The Labute approximate surface area is 342 Å². The minimum Gasteiger partial charge on any atom is -0.456 e. The summed E-state index contributed by atoms with van der Waals surface area (Å²) in [7, 11) is 0. The lowest BCUT2D eigenvalue weighted by molar-refractivity contribution is 0.669. The van der Waals surface area contributed by atoms with Crippen LogP contribution >= 0.6 is 11.3 Å². The highest BCUT2D eigenvalue weighted by molar-refractivity contribution is 7.26. The van der Waals surface area contributed by atoms with Crippen molar-refractivity contribution in [1.29, 1.82) is 0 Å². The Balaban J connectivity index is 1.18. The molecule has 11 rings (SSSR count). The van der Waals surface area contributed by atoms with Crippen LogP contribution in [-0.2, 0) is 0 Å². The van der Waals surface area contributed by atoms with E-state index in [1.807, 2.05) is 54.6 Å². The zero-order valence-corrected chi connectivity index (χ0v) is 29.5. The molecule has 55 heavy (non-hydrogen) atoms. The van der Waals surface area contributed by atoms with E-state index in [1.165, 1.54) is 34.4 Å². The van der Waals surface area contributed by atoms with Gasteiger partial charge in [-0.3, -0.25) is 0 Å². The summed E-state index contributed by atoms with van der Waals surface area (Å²) >= 11 is 1.72. The fourth-order valence-electron chi connectivity index (χ4n) is 7.51. The summed E-state index contributed by atoms with van der Waals surface area (Å²) in [5.74, 6) is 0. The summed E-state index contributed by atoms with van der Waals surface area (Å²) in [5, 5.41) is 5.44. The van der Waals surface area contributed by atoms with Gasteiger partial charge >= 0.3 is 0 Å². The molecule has 0 aliphatic heterocycles. The summed E-state index contributed by atoms with van der Waals surface area (Å²) in [6, 6.07) is 28.2. The second-order valence-electron chi connectivity index (χ2n) is 13.0. The van der Waals surface area contributed by atoms with Crippen LogP contribution in [0.15, 0.2) is 204 Å². The van der Waals surface area contributed by atoms with Crippen molar-refractivity contribution in [2.75, 3.05) is 4.90 Å². The second-order valence-corrected chi connectivity index (χ2v) is 14.0. The number of anilines is 3. The monoisotopic (exact) mass is 733 g/mol. The molecule has 0 bridgehead atoms. The largest absolute Gasteiger partial charge is 0.456 e. The van der Waals surface area contributed by atoms with E-state index in [4.69, 9.17) is 18.1 Å². The topological polar surface area (TPSA) is 16.4 Å². The first-order valence-electron chi connectivity index (χ1n) is 24.5. The molecule has 258 valence electrons. The normalized spacial score (nSPS) is 15.2. The van der Waals surface area contributed by atoms with Crippen LogP contribution in [0, 0.1) is 0 Å². The first-order valence-corrected chi connectivity index (χ1v) is 18.3. The lowest BCUT2D eigenvalue weighted by Gasteiger charge is -2.27. The van der Waals surface area contributed by atoms with Crippen LogP contribution < -0.4 is 4.90 Å². The van der Waals surface area contributed by atoms with E-state index in [-0.39, 0.29) is 57.8 Å². The maximum atomic E-state index is 9.31. The molecular weight excluding hydrogens is 687 g/mol. The van der Waals surface area contributed by atoms with Crippen LogP contribution in [0.2, 0.25) is 0 Å². The van der Waals surface area contributed by atoms with Gasteiger partial charge in [0.05, 0.1) is 24.9 Å². The lowest BCUT2D eigenvalue weighted by Crippen LogP contribution is -2.10. The van der Waals surface area contributed by atoms with Gasteiger partial charge in [-0.1, -0.05) is 145 Å². The van der Waals surface area contributed by atoms with Crippen molar-refractivity contribution in [2.45, 2.75) is 0 Å². The summed E-state index contributed by atoms with van der Waals surface area (Å²) in [6.07, 6.45) is 0. The van der Waals surface area contributed by atoms with Gasteiger partial charge in [-0.25, -0.2) is 0 Å². The van der Waals surface area contributed by atoms with Gasteiger partial charge < -0.3 is 9.32 Å². The number of hydrogen-bond acceptors (Lipinski definition) is 3. The van der Waals surface area contributed by atoms with Crippen LogP contribution in [-0.4, -0.2) is 0 Å². The molecule has 0 fully saturated rings. The minimum atomic E-state index is -0.613. The van der Waals surface area contributed by atoms with Gasteiger partial charge in [0.2, 0.25) is 0 Å². The lowest BCUT2D eigenvalue weighted by atomic mass is 9.95. The van der Waals surface area contributed by atoms with E-state index in [2.05, 4.69) is 36.4 Å². The average molecular weight is 734 g/mol. The van der Waals surface area contributed by atoms with Crippen molar-refractivity contribution >= 4 is 81.3 Å². The zero-order chi connectivity index (χ0) is 48.5. The van der Waals surface area contributed by atoms with E-state index in [9.17, 15) is 5.48 Å². The molecular formula is C52H33NOS. The molecule has 0 aliphatic carbocycles. The summed E-state index contributed by atoms with van der Waals surface area (Å²) in [5.41, 5.74) is 3.14. The van der Waals surface area contributed by atoms with Crippen LogP contribution in [0.5, 0.6) is 0 Å². The SMILES string of the molecule is [2H]c1cc(N(c2cc([2H])c(-c3c([2H])c([2H])c([2H])c([2H])c3[2H])c([2H])c2)c2cccc3c2ccc2oc4cccc(-c5cccc6c5sc5ccccc56)c4c23)cc([2H])c1-c1c([2H])c([2H])c([2H])c([2H])c1[2H]. The molecule has 3 heteroatoms.